The molecule has 8 nitrogen and oxygen atoms in total. The van der Waals surface area contributed by atoms with E-state index in [-0.39, 0.29) is 141 Å². The van der Waals surface area contributed by atoms with E-state index in [9.17, 15) is 28.7 Å². The van der Waals surface area contributed by atoms with Crippen molar-refractivity contribution >= 4 is 15.6 Å². The normalized spacial score (nSPS) is 10.2. The van der Waals surface area contributed by atoms with Crippen LogP contribution in [0, 0.1) is 0 Å². The molecule has 0 aromatic heterocycles. The first kappa shape index (κ1) is 38.4. The largest absolute Gasteiger partial charge is 1.00 e. The molecule has 0 bridgehead atoms. The van der Waals surface area contributed by atoms with Crippen LogP contribution in [0.2, 0.25) is 0 Å². The van der Waals surface area contributed by atoms with E-state index in [1.54, 1.807) is 30.4 Å². The second-order valence-electron chi connectivity index (χ2n) is 5.76. The number of allylic oxidation sites excluding steroid dienone is 2. The molecule has 0 unspecified atom stereocenters. The molecule has 0 N–H and O–H groups in total. The van der Waals surface area contributed by atoms with Crippen molar-refractivity contribution in [2.45, 2.75) is 12.8 Å². The van der Waals surface area contributed by atoms with Crippen molar-refractivity contribution in [3.05, 3.63) is 72.8 Å². The zero-order chi connectivity index (χ0) is 20.9. The van der Waals surface area contributed by atoms with Crippen molar-refractivity contribution < 1.29 is 156 Å². The molecule has 0 amide bonds. The molecule has 2 aromatic rings. The standard InChI is InChI=1S/C18H20O8P2.4Na/c1-3-5-13-7-8-18(26-28(22,23)24)17(11-13)15-9-14(6-4-2)10-16(12-15)25-27(19,20)21;;;;/h3-4,7-12H,1-2,5-6H2,(H2,19,20,21)(H2,22,23,24);;;;/q;4*+1/p-4. The fourth-order valence-corrected chi connectivity index (χ4v) is 3.34. The van der Waals surface area contributed by atoms with Gasteiger partial charge < -0.3 is 37.8 Å². The Hall–Kier alpha value is 1.82. The summed E-state index contributed by atoms with van der Waals surface area (Å²) in [6, 6.07) is 8.62. The molecule has 0 saturated carbocycles. The Morgan fingerprint density at radius 2 is 1.28 bits per heavy atom. The van der Waals surface area contributed by atoms with Crippen molar-refractivity contribution in [2.75, 3.05) is 0 Å². The van der Waals surface area contributed by atoms with Crippen LogP contribution in [-0.4, -0.2) is 0 Å². The Balaban J connectivity index is -0.00000210. The van der Waals surface area contributed by atoms with Gasteiger partial charge in [-0.3, -0.25) is 0 Å². The second-order valence-corrected chi connectivity index (χ2v) is 7.91. The number of phosphoric ester groups is 2. The summed E-state index contributed by atoms with van der Waals surface area (Å²) in [4.78, 5) is 44.2. The molecule has 0 spiro atoms. The van der Waals surface area contributed by atoms with Crippen LogP contribution < -0.4 is 147 Å². The molecule has 0 saturated heterocycles. The maximum Gasteiger partial charge on any atom is 1.00 e. The van der Waals surface area contributed by atoms with Crippen LogP contribution in [0.1, 0.15) is 11.1 Å². The van der Waals surface area contributed by atoms with Gasteiger partial charge in [-0.05, 0) is 53.8 Å². The molecule has 0 aliphatic rings. The SMILES string of the molecule is C=CCc1cc(OP(=O)([O-])[O-])cc(-c2cc(CC=C)ccc2OP(=O)([O-])[O-])c1.[Na+].[Na+].[Na+].[Na+]. The maximum absolute atomic E-state index is 11.1. The Morgan fingerprint density at radius 1 is 0.750 bits per heavy atom. The van der Waals surface area contributed by atoms with E-state index in [4.69, 9.17) is 0 Å². The average Bonchev–Trinajstić information content (AvgIpc) is 2.53. The first-order valence-corrected chi connectivity index (χ1v) is 10.9. The van der Waals surface area contributed by atoms with Gasteiger partial charge >= 0.3 is 118 Å². The van der Waals surface area contributed by atoms with Crippen LogP contribution in [0.3, 0.4) is 0 Å². The monoisotopic (exact) mass is 514 g/mol. The van der Waals surface area contributed by atoms with E-state index in [0.29, 0.717) is 18.4 Å². The molecular weight excluding hydrogens is 498 g/mol. The summed E-state index contributed by atoms with van der Waals surface area (Å²) >= 11 is 0. The van der Waals surface area contributed by atoms with Crippen LogP contribution in [0.25, 0.3) is 11.1 Å². The number of rotatable bonds is 9. The summed E-state index contributed by atoms with van der Waals surface area (Å²) in [6.45, 7) is 7.22. The topological polar surface area (TPSA) is 145 Å². The van der Waals surface area contributed by atoms with Gasteiger partial charge in [0.15, 0.2) is 0 Å². The quantitative estimate of drug-likeness (QED) is 0.182. The summed E-state index contributed by atoms with van der Waals surface area (Å²) in [5.74, 6) is -0.495. The van der Waals surface area contributed by atoms with Crippen LogP contribution >= 0.6 is 15.6 Å². The van der Waals surface area contributed by atoms with Gasteiger partial charge in [0.25, 0.3) is 0 Å². The fraction of sp³-hybridized carbons (Fsp3) is 0.111. The molecule has 2 aromatic carbocycles. The number of phosphoric acid groups is 2. The summed E-state index contributed by atoms with van der Waals surface area (Å²) in [5, 5.41) is 0. The molecule has 2 rings (SSSR count). The minimum absolute atomic E-state index is 0. The predicted molar refractivity (Wildman–Crippen MR) is 96.1 cm³/mol. The molecular formula is C18H16Na4O8P2. The molecule has 0 fully saturated rings. The number of benzene rings is 2. The van der Waals surface area contributed by atoms with Gasteiger partial charge in [-0.25, -0.2) is 0 Å². The van der Waals surface area contributed by atoms with Crippen molar-refractivity contribution in [1.29, 1.82) is 0 Å². The summed E-state index contributed by atoms with van der Waals surface area (Å²) in [6.07, 6.45) is 3.94. The number of hydrogen-bond acceptors (Lipinski definition) is 8. The van der Waals surface area contributed by atoms with E-state index >= 15 is 0 Å². The molecule has 150 valence electrons. The smallest absolute Gasteiger partial charge is 0.780 e. The second kappa shape index (κ2) is 17.3. The first-order valence-electron chi connectivity index (χ1n) is 7.93. The zero-order valence-electron chi connectivity index (χ0n) is 18.6. The third-order valence-electron chi connectivity index (χ3n) is 3.51. The van der Waals surface area contributed by atoms with E-state index in [0.717, 1.165) is 5.56 Å². The third-order valence-corrected chi connectivity index (χ3v) is 4.36. The Kier molecular flexibility index (Phi) is 20.7. The summed E-state index contributed by atoms with van der Waals surface area (Å²) < 4.78 is 31.1. The molecule has 32 heavy (non-hydrogen) atoms. The van der Waals surface area contributed by atoms with E-state index in [1.807, 2.05) is 0 Å². The van der Waals surface area contributed by atoms with Gasteiger partial charge in [0, 0.05) is 5.56 Å². The van der Waals surface area contributed by atoms with Crippen LogP contribution in [-0.2, 0) is 22.0 Å². The zero-order valence-corrected chi connectivity index (χ0v) is 28.4. The molecule has 0 aliphatic heterocycles. The van der Waals surface area contributed by atoms with Crippen LogP contribution in [0.5, 0.6) is 11.5 Å². The van der Waals surface area contributed by atoms with Crippen molar-refractivity contribution in [3.63, 3.8) is 0 Å². The summed E-state index contributed by atoms with van der Waals surface area (Å²) in [5.41, 5.74) is 1.77. The van der Waals surface area contributed by atoms with Crippen LogP contribution in [0.4, 0.5) is 0 Å². The van der Waals surface area contributed by atoms with Crippen LogP contribution in [0.15, 0.2) is 61.7 Å². The Bertz CT molecular complexity index is 991. The molecule has 0 heterocycles. The Labute approximate surface area is 275 Å². The molecule has 0 aliphatic carbocycles. The summed E-state index contributed by atoms with van der Waals surface area (Å²) in [7, 11) is -10.7. The third kappa shape index (κ3) is 13.8. The van der Waals surface area contributed by atoms with Crippen molar-refractivity contribution in [3.8, 4) is 22.6 Å². The molecule has 0 radical (unpaired) electrons. The van der Waals surface area contributed by atoms with Gasteiger partial charge in [-0.2, -0.15) is 0 Å². The number of hydrogen-bond donors (Lipinski definition) is 0. The van der Waals surface area contributed by atoms with Gasteiger partial charge in [0.05, 0.1) is 0 Å². The van der Waals surface area contributed by atoms with E-state index < -0.39 is 15.6 Å². The maximum atomic E-state index is 11.1. The minimum Gasteiger partial charge on any atom is -0.780 e. The van der Waals surface area contributed by atoms with E-state index in [1.165, 1.54) is 18.2 Å². The molecule has 14 heteroatoms. The average molecular weight is 514 g/mol. The van der Waals surface area contributed by atoms with Gasteiger partial charge in [-0.15, -0.1) is 13.2 Å². The predicted octanol–water partition coefficient (Wildman–Crippen LogP) is -10.8. The van der Waals surface area contributed by atoms with Gasteiger partial charge in [-0.1, -0.05) is 24.3 Å². The minimum atomic E-state index is -5.35. The first-order chi connectivity index (χ1) is 13.0. The van der Waals surface area contributed by atoms with Gasteiger partial charge in [0.1, 0.15) is 27.1 Å². The van der Waals surface area contributed by atoms with Crippen molar-refractivity contribution in [1.82, 2.24) is 0 Å². The fourth-order valence-electron chi connectivity index (χ4n) is 2.58. The Morgan fingerprint density at radius 3 is 1.78 bits per heavy atom. The van der Waals surface area contributed by atoms with E-state index in [2.05, 4.69) is 22.2 Å². The van der Waals surface area contributed by atoms with Gasteiger partial charge in [0.2, 0.25) is 0 Å². The van der Waals surface area contributed by atoms with Crippen molar-refractivity contribution in [2.24, 2.45) is 0 Å². The molecule has 0 atom stereocenters.